The highest BCUT2D eigenvalue weighted by atomic mass is 16.3. The summed E-state index contributed by atoms with van der Waals surface area (Å²) < 4.78 is 2.16. The van der Waals surface area contributed by atoms with Gasteiger partial charge in [-0.15, -0.1) is 0 Å². The number of hydrogen-bond donors (Lipinski definition) is 1. The molecule has 0 aliphatic carbocycles. The number of aryl methyl sites for hydroxylation is 2. The van der Waals surface area contributed by atoms with Crippen LogP contribution in [0.4, 0.5) is 0 Å². The monoisotopic (exact) mass is 231 g/mol. The molecule has 2 heteroatoms. The molecule has 0 aliphatic heterocycles. The number of rotatable bonds is 3. The SMILES string of the molecule is Cc1cc2c(C(C)C)cn(CCO)c2cc1C. The molecule has 0 saturated carbocycles. The van der Waals surface area contributed by atoms with Crippen molar-refractivity contribution >= 4 is 10.9 Å². The largest absolute Gasteiger partial charge is 0.395 e. The highest BCUT2D eigenvalue weighted by Crippen LogP contribution is 2.29. The molecule has 1 N–H and O–H groups in total. The zero-order valence-electron chi connectivity index (χ0n) is 11.1. The van der Waals surface area contributed by atoms with Crippen molar-refractivity contribution in [1.29, 1.82) is 0 Å². The first-order valence-corrected chi connectivity index (χ1v) is 6.25. The second-order valence-electron chi connectivity index (χ2n) is 5.11. The van der Waals surface area contributed by atoms with Crippen LogP contribution >= 0.6 is 0 Å². The van der Waals surface area contributed by atoms with E-state index in [1.807, 2.05) is 0 Å². The highest BCUT2D eigenvalue weighted by Gasteiger charge is 2.12. The molecular formula is C15H21NO. The van der Waals surface area contributed by atoms with Gasteiger partial charge < -0.3 is 9.67 Å². The van der Waals surface area contributed by atoms with Crippen LogP contribution in [0.3, 0.4) is 0 Å². The van der Waals surface area contributed by atoms with E-state index in [9.17, 15) is 0 Å². The molecule has 0 aliphatic rings. The lowest BCUT2D eigenvalue weighted by Gasteiger charge is -2.06. The van der Waals surface area contributed by atoms with Gasteiger partial charge in [0, 0.05) is 23.6 Å². The van der Waals surface area contributed by atoms with Gasteiger partial charge in [0.15, 0.2) is 0 Å². The number of aromatic nitrogens is 1. The Labute approximate surface area is 103 Å². The smallest absolute Gasteiger partial charge is 0.0610 e. The molecule has 0 amide bonds. The van der Waals surface area contributed by atoms with Gasteiger partial charge in [0.25, 0.3) is 0 Å². The van der Waals surface area contributed by atoms with Crippen LogP contribution in [-0.2, 0) is 6.54 Å². The first-order valence-electron chi connectivity index (χ1n) is 6.25. The van der Waals surface area contributed by atoms with Crippen molar-refractivity contribution in [3.05, 3.63) is 35.0 Å². The summed E-state index contributed by atoms with van der Waals surface area (Å²) >= 11 is 0. The lowest BCUT2D eigenvalue weighted by molar-refractivity contribution is 0.278. The van der Waals surface area contributed by atoms with E-state index >= 15 is 0 Å². The van der Waals surface area contributed by atoms with E-state index in [0.717, 1.165) is 0 Å². The predicted octanol–water partition coefficient (Wildman–Crippen LogP) is 3.37. The minimum Gasteiger partial charge on any atom is -0.395 e. The molecule has 0 bridgehead atoms. The molecule has 2 rings (SSSR count). The molecule has 1 aromatic heterocycles. The first-order chi connectivity index (χ1) is 8.04. The highest BCUT2D eigenvalue weighted by molar-refractivity contribution is 5.86. The molecule has 92 valence electrons. The van der Waals surface area contributed by atoms with E-state index in [1.54, 1.807) is 0 Å². The summed E-state index contributed by atoms with van der Waals surface area (Å²) in [7, 11) is 0. The van der Waals surface area contributed by atoms with E-state index in [-0.39, 0.29) is 6.61 Å². The minimum absolute atomic E-state index is 0.189. The maximum atomic E-state index is 9.13. The Morgan fingerprint density at radius 2 is 1.82 bits per heavy atom. The van der Waals surface area contributed by atoms with E-state index in [1.165, 1.54) is 27.6 Å². The van der Waals surface area contributed by atoms with Crippen LogP contribution in [0.5, 0.6) is 0 Å². The molecule has 1 heterocycles. The van der Waals surface area contributed by atoms with E-state index < -0.39 is 0 Å². The molecule has 2 aromatic rings. The number of fused-ring (bicyclic) bond motifs is 1. The molecule has 17 heavy (non-hydrogen) atoms. The van der Waals surface area contributed by atoms with E-state index in [0.29, 0.717) is 12.5 Å². The van der Waals surface area contributed by atoms with Gasteiger partial charge in [0.2, 0.25) is 0 Å². The average molecular weight is 231 g/mol. The number of aliphatic hydroxyl groups excluding tert-OH is 1. The van der Waals surface area contributed by atoms with Crippen LogP contribution in [-0.4, -0.2) is 16.3 Å². The summed E-state index contributed by atoms with van der Waals surface area (Å²) in [6.45, 7) is 9.59. The Hall–Kier alpha value is -1.28. The molecule has 0 saturated heterocycles. The van der Waals surface area contributed by atoms with Gasteiger partial charge in [-0.2, -0.15) is 0 Å². The van der Waals surface area contributed by atoms with Crippen molar-refractivity contribution in [1.82, 2.24) is 4.57 Å². The summed E-state index contributed by atoms with van der Waals surface area (Å²) in [5.74, 6) is 0.513. The van der Waals surface area contributed by atoms with Gasteiger partial charge >= 0.3 is 0 Å². The fourth-order valence-corrected chi connectivity index (χ4v) is 2.33. The number of nitrogens with zero attached hydrogens (tertiary/aromatic N) is 1. The number of hydrogen-bond acceptors (Lipinski definition) is 1. The molecule has 0 atom stereocenters. The second kappa shape index (κ2) is 4.53. The molecule has 1 aromatic carbocycles. The van der Waals surface area contributed by atoms with Crippen molar-refractivity contribution < 1.29 is 5.11 Å². The summed E-state index contributed by atoms with van der Waals surface area (Å²) in [5, 5.41) is 10.5. The zero-order valence-corrected chi connectivity index (χ0v) is 11.1. The van der Waals surface area contributed by atoms with Gasteiger partial charge in [0.1, 0.15) is 0 Å². The van der Waals surface area contributed by atoms with E-state index in [2.05, 4.69) is 50.6 Å². The molecule has 0 unspecified atom stereocenters. The summed E-state index contributed by atoms with van der Waals surface area (Å²) in [4.78, 5) is 0. The van der Waals surface area contributed by atoms with Crippen molar-refractivity contribution in [3.63, 3.8) is 0 Å². The predicted molar refractivity (Wildman–Crippen MR) is 72.6 cm³/mol. The van der Waals surface area contributed by atoms with Gasteiger partial charge in [0.05, 0.1) is 6.61 Å². The standard InChI is InChI=1S/C15H21NO/c1-10(2)14-9-16(5-6-17)15-8-12(4)11(3)7-13(14)15/h7-10,17H,5-6H2,1-4H3. The maximum absolute atomic E-state index is 9.13. The van der Waals surface area contributed by atoms with Crippen molar-refractivity contribution in [2.24, 2.45) is 0 Å². The van der Waals surface area contributed by atoms with E-state index in [4.69, 9.17) is 5.11 Å². The minimum atomic E-state index is 0.189. The van der Waals surface area contributed by atoms with Crippen LogP contribution in [0, 0.1) is 13.8 Å². The fraction of sp³-hybridized carbons (Fsp3) is 0.467. The van der Waals surface area contributed by atoms with Gasteiger partial charge in [-0.3, -0.25) is 0 Å². The lowest BCUT2D eigenvalue weighted by Crippen LogP contribution is -2.00. The third-order valence-corrected chi connectivity index (χ3v) is 3.49. The molecule has 0 radical (unpaired) electrons. The third-order valence-electron chi connectivity index (χ3n) is 3.49. The van der Waals surface area contributed by atoms with Crippen molar-refractivity contribution in [2.45, 2.75) is 40.2 Å². The van der Waals surface area contributed by atoms with Crippen LogP contribution in [0.2, 0.25) is 0 Å². The quantitative estimate of drug-likeness (QED) is 0.860. The first kappa shape index (κ1) is 12.2. The Morgan fingerprint density at radius 3 is 2.41 bits per heavy atom. The van der Waals surface area contributed by atoms with Crippen molar-refractivity contribution in [3.8, 4) is 0 Å². The second-order valence-corrected chi connectivity index (χ2v) is 5.11. The van der Waals surface area contributed by atoms with Gasteiger partial charge in [-0.05, 0) is 48.6 Å². The summed E-state index contributed by atoms with van der Waals surface area (Å²) in [5.41, 5.74) is 5.26. The average Bonchev–Trinajstić information content (AvgIpc) is 2.59. The van der Waals surface area contributed by atoms with Gasteiger partial charge in [-0.25, -0.2) is 0 Å². The topological polar surface area (TPSA) is 25.2 Å². The van der Waals surface area contributed by atoms with Crippen LogP contribution in [0.25, 0.3) is 10.9 Å². The van der Waals surface area contributed by atoms with Crippen LogP contribution in [0.15, 0.2) is 18.3 Å². The number of aliphatic hydroxyl groups is 1. The lowest BCUT2D eigenvalue weighted by atomic mass is 9.99. The molecular weight excluding hydrogens is 210 g/mol. The normalized spacial score (nSPS) is 11.6. The molecule has 2 nitrogen and oxygen atoms in total. The summed E-state index contributed by atoms with van der Waals surface area (Å²) in [6.07, 6.45) is 2.18. The Morgan fingerprint density at radius 1 is 1.18 bits per heavy atom. The summed E-state index contributed by atoms with van der Waals surface area (Å²) in [6, 6.07) is 4.50. The van der Waals surface area contributed by atoms with Gasteiger partial charge in [-0.1, -0.05) is 13.8 Å². The van der Waals surface area contributed by atoms with Crippen molar-refractivity contribution in [2.75, 3.05) is 6.61 Å². The maximum Gasteiger partial charge on any atom is 0.0610 e. The zero-order chi connectivity index (χ0) is 12.6. The Bertz CT molecular complexity index is 537. The molecule has 0 fully saturated rings. The molecule has 0 spiro atoms. The van der Waals surface area contributed by atoms with Crippen LogP contribution in [0.1, 0.15) is 36.5 Å². The Balaban J connectivity index is 2.72. The Kier molecular flexibility index (Phi) is 3.25. The van der Waals surface area contributed by atoms with Crippen LogP contribution < -0.4 is 0 Å². The third kappa shape index (κ3) is 2.09. The number of benzene rings is 1. The fourth-order valence-electron chi connectivity index (χ4n) is 2.33.